The molecule has 5 aromatic rings. The SMILES string of the molecule is c1cc(C2=NCCO2)nc(-c2c3ccccc3c(-c3cccc(C4=NCCO4)n3)c3ccccc23)c1. The molecule has 0 N–H and O–H groups in total. The molecule has 0 aliphatic carbocycles. The van der Waals surface area contributed by atoms with Crippen molar-refractivity contribution >= 4 is 33.3 Å². The van der Waals surface area contributed by atoms with Gasteiger partial charge in [0, 0.05) is 11.1 Å². The van der Waals surface area contributed by atoms with Crippen molar-refractivity contribution in [2.45, 2.75) is 0 Å². The van der Waals surface area contributed by atoms with Crippen molar-refractivity contribution in [2.75, 3.05) is 26.3 Å². The third-order valence-corrected chi connectivity index (χ3v) is 6.55. The summed E-state index contributed by atoms with van der Waals surface area (Å²) in [7, 11) is 0. The molecule has 4 heterocycles. The van der Waals surface area contributed by atoms with Crippen LogP contribution in [0.25, 0.3) is 44.1 Å². The fourth-order valence-corrected chi connectivity index (χ4v) is 5.05. The van der Waals surface area contributed by atoms with Crippen LogP contribution in [0.3, 0.4) is 0 Å². The van der Waals surface area contributed by atoms with Gasteiger partial charge < -0.3 is 9.47 Å². The zero-order chi connectivity index (χ0) is 23.9. The highest BCUT2D eigenvalue weighted by Crippen LogP contribution is 2.42. The van der Waals surface area contributed by atoms with E-state index in [1.54, 1.807) is 0 Å². The van der Waals surface area contributed by atoms with Crippen LogP contribution >= 0.6 is 0 Å². The van der Waals surface area contributed by atoms with E-state index in [-0.39, 0.29) is 0 Å². The van der Waals surface area contributed by atoms with Crippen LogP contribution in [0.4, 0.5) is 0 Å². The number of rotatable bonds is 4. The number of hydrogen-bond acceptors (Lipinski definition) is 6. The maximum atomic E-state index is 5.69. The van der Waals surface area contributed by atoms with Gasteiger partial charge in [0.2, 0.25) is 11.8 Å². The third kappa shape index (κ3) is 3.41. The Labute approximate surface area is 208 Å². The first-order valence-electron chi connectivity index (χ1n) is 12.1. The molecule has 2 aliphatic rings. The van der Waals surface area contributed by atoms with Crippen molar-refractivity contribution in [3.63, 3.8) is 0 Å². The molecule has 0 atom stereocenters. The van der Waals surface area contributed by atoms with Gasteiger partial charge in [-0.05, 0) is 45.8 Å². The predicted molar refractivity (Wildman–Crippen MR) is 143 cm³/mol. The van der Waals surface area contributed by atoms with Crippen LogP contribution in [0.1, 0.15) is 11.4 Å². The molecule has 3 aromatic carbocycles. The van der Waals surface area contributed by atoms with E-state index in [2.05, 4.69) is 70.6 Å². The highest BCUT2D eigenvalue weighted by atomic mass is 16.5. The van der Waals surface area contributed by atoms with Gasteiger partial charge in [-0.25, -0.2) is 20.0 Å². The van der Waals surface area contributed by atoms with E-state index in [0.717, 1.165) is 55.4 Å². The maximum absolute atomic E-state index is 5.69. The number of ether oxygens (including phenoxy) is 2. The van der Waals surface area contributed by atoms with E-state index in [1.165, 1.54) is 0 Å². The van der Waals surface area contributed by atoms with E-state index >= 15 is 0 Å². The predicted octanol–water partition coefficient (Wildman–Crippen LogP) is 5.67. The Morgan fingerprint density at radius 1 is 0.444 bits per heavy atom. The van der Waals surface area contributed by atoms with E-state index in [4.69, 9.17) is 19.4 Å². The molecule has 0 fully saturated rings. The summed E-state index contributed by atoms with van der Waals surface area (Å²) in [5, 5.41) is 4.47. The lowest BCUT2D eigenvalue weighted by atomic mass is 9.88. The molecule has 0 bridgehead atoms. The first-order chi connectivity index (χ1) is 17.9. The first kappa shape index (κ1) is 20.8. The molecule has 0 saturated heterocycles. The van der Waals surface area contributed by atoms with Crippen LogP contribution in [0, 0.1) is 0 Å². The molecule has 0 unspecified atom stereocenters. The van der Waals surface area contributed by atoms with E-state index < -0.39 is 0 Å². The fraction of sp³-hybridized carbons (Fsp3) is 0.133. The highest BCUT2D eigenvalue weighted by Gasteiger charge is 2.20. The third-order valence-electron chi connectivity index (χ3n) is 6.55. The van der Waals surface area contributed by atoms with Gasteiger partial charge in [-0.3, -0.25) is 0 Å². The molecule has 7 rings (SSSR count). The summed E-state index contributed by atoms with van der Waals surface area (Å²) in [4.78, 5) is 18.9. The van der Waals surface area contributed by atoms with Crippen molar-refractivity contribution in [2.24, 2.45) is 9.98 Å². The van der Waals surface area contributed by atoms with Crippen LogP contribution < -0.4 is 0 Å². The van der Waals surface area contributed by atoms with Crippen LogP contribution in [0.2, 0.25) is 0 Å². The van der Waals surface area contributed by atoms with Gasteiger partial charge in [0.25, 0.3) is 0 Å². The minimum absolute atomic E-state index is 0.603. The van der Waals surface area contributed by atoms with E-state index in [0.29, 0.717) is 38.1 Å². The lowest BCUT2D eigenvalue weighted by Gasteiger charge is -2.17. The lowest BCUT2D eigenvalue weighted by Crippen LogP contribution is -2.05. The number of nitrogens with zero attached hydrogens (tertiary/aromatic N) is 4. The summed E-state index contributed by atoms with van der Waals surface area (Å²) in [5.41, 5.74) is 5.47. The van der Waals surface area contributed by atoms with Crippen molar-refractivity contribution in [1.29, 1.82) is 0 Å². The van der Waals surface area contributed by atoms with Gasteiger partial charge in [-0.1, -0.05) is 60.7 Å². The molecule has 2 aliphatic heterocycles. The van der Waals surface area contributed by atoms with Gasteiger partial charge in [-0.2, -0.15) is 0 Å². The summed E-state index contributed by atoms with van der Waals surface area (Å²) >= 11 is 0. The second-order valence-corrected chi connectivity index (χ2v) is 8.73. The van der Waals surface area contributed by atoms with Gasteiger partial charge in [0.15, 0.2) is 0 Å². The molecule has 0 spiro atoms. The van der Waals surface area contributed by atoms with Crippen LogP contribution in [0.5, 0.6) is 0 Å². The van der Waals surface area contributed by atoms with Gasteiger partial charge in [-0.15, -0.1) is 0 Å². The average molecular weight is 471 g/mol. The van der Waals surface area contributed by atoms with Crippen molar-refractivity contribution in [1.82, 2.24) is 9.97 Å². The number of hydrogen-bond donors (Lipinski definition) is 0. The Hall–Kier alpha value is -4.58. The normalized spacial score (nSPS) is 15.0. The molecule has 6 nitrogen and oxygen atoms in total. The number of pyridine rings is 2. The lowest BCUT2D eigenvalue weighted by molar-refractivity contribution is 0.347. The summed E-state index contributed by atoms with van der Waals surface area (Å²) in [6.45, 7) is 2.55. The quantitative estimate of drug-likeness (QED) is 0.317. The Bertz CT molecular complexity index is 1520. The monoisotopic (exact) mass is 470 g/mol. The van der Waals surface area contributed by atoms with Crippen LogP contribution in [0.15, 0.2) is 94.9 Å². The largest absolute Gasteiger partial charge is 0.474 e. The maximum Gasteiger partial charge on any atom is 0.235 e. The standard InChI is InChI=1S/C30H22N4O2/c1-2-8-20-19(7-1)27(23-11-5-13-25(33-23)29-31-15-17-35-29)21-9-3-4-10-22(21)28(20)24-12-6-14-26(34-24)30-32-16-18-36-30/h1-14H,15-18H2. The summed E-state index contributed by atoms with van der Waals surface area (Å²) in [5.74, 6) is 1.22. The summed E-state index contributed by atoms with van der Waals surface area (Å²) in [6.07, 6.45) is 0. The molecule has 0 saturated carbocycles. The molecule has 0 radical (unpaired) electrons. The summed E-state index contributed by atoms with van der Waals surface area (Å²) < 4.78 is 11.4. The number of aliphatic imine (C=N–C) groups is 2. The molecule has 174 valence electrons. The van der Waals surface area contributed by atoms with E-state index in [9.17, 15) is 0 Å². The topological polar surface area (TPSA) is 69.0 Å². The summed E-state index contributed by atoms with van der Waals surface area (Å²) in [6, 6.07) is 29.0. The number of benzene rings is 3. The fourth-order valence-electron chi connectivity index (χ4n) is 5.05. The van der Waals surface area contributed by atoms with Crippen molar-refractivity contribution in [3.05, 3.63) is 96.3 Å². The van der Waals surface area contributed by atoms with Gasteiger partial charge in [0.05, 0.1) is 24.5 Å². The number of fused-ring (bicyclic) bond motifs is 2. The Kier molecular flexibility index (Phi) is 4.94. The van der Waals surface area contributed by atoms with Crippen LogP contribution in [-0.4, -0.2) is 48.1 Å². The van der Waals surface area contributed by atoms with Crippen molar-refractivity contribution in [3.8, 4) is 22.5 Å². The van der Waals surface area contributed by atoms with E-state index in [1.807, 2.05) is 24.3 Å². The molecular formula is C30H22N4O2. The zero-order valence-corrected chi connectivity index (χ0v) is 19.5. The van der Waals surface area contributed by atoms with Crippen LogP contribution in [-0.2, 0) is 9.47 Å². The Morgan fingerprint density at radius 3 is 1.19 bits per heavy atom. The Balaban J connectivity index is 1.51. The molecule has 36 heavy (non-hydrogen) atoms. The van der Waals surface area contributed by atoms with Crippen molar-refractivity contribution < 1.29 is 9.47 Å². The van der Waals surface area contributed by atoms with Gasteiger partial charge in [0.1, 0.15) is 24.6 Å². The molecular weight excluding hydrogens is 448 g/mol. The minimum Gasteiger partial charge on any atom is -0.474 e. The van der Waals surface area contributed by atoms with Gasteiger partial charge >= 0.3 is 0 Å². The average Bonchev–Trinajstić information content (AvgIpc) is 3.67. The zero-order valence-electron chi connectivity index (χ0n) is 19.5. The second-order valence-electron chi connectivity index (χ2n) is 8.73. The smallest absolute Gasteiger partial charge is 0.235 e. The highest BCUT2D eigenvalue weighted by molar-refractivity contribution is 6.20. The molecule has 2 aromatic heterocycles. The molecule has 0 amide bonds. The second kappa shape index (κ2) is 8.57. The number of aromatic nitrogens is 2. The first-order valence-corrected chi connectivity index (χ1v) is 12.1. The molecule has 6 heteroatoms. The minimum atomic E-state index is 0.603. The Morgan fingerprint density at radius 2 is 0.833 bits per heavy atom.